The highest BCUT2D eigenvalue weighted by Gasteiger charge is 2.12. The number of aromatic hydroxyl groups is 1. The minimum atomic E-state index is -0.292. The monoisotopic (exact) mass is 319 g/mol. The Morgan fingerprint density at radius 2 is 1.79 bits per heavy atom. The van der Waals surface area contributed by atoms with Gasteiger partial charge in [0.2, 0.25) is 0 Å². The van der Waals surface area contributed by atoms with Crippen LogP contribution < -0.4 is 5.73 Å². The molecule has 1 heterocycles. The molecule has 120 valence electrons. The van der Waals surface area contributed by atoms with Gasteiger partial charge in [0.05, 0.1) is 16.9 Å². The molecule has 0 amide bonds. The van der Waals surface area contributed by atoms with Crippen LogP contribution in [0.4, 0.5) is 5.82 Å². The minimum absolute atomic E-state index is 0.0446. The molecule has 0 radical (unpaired) electrons. The van der Waals surface area contributed by atoms with E-state index in [0.717, 1.165) is 11.4 Å². The zero-order valence-corrected chi connectivity index (χ0v) is 13.2. The molecule has 0 saturated heterocycles. The zero-order valence-electron chi connectivity index (χ0n) is 13.2. The predicted molar refractivity (Wildman–Crippen MR) is 94.2 cm³/mol. The number of hydrogen-bond donors (Lipinski definition) is 2. The van der Waals surface area contributed by atoms with Crippen molar-refractivity contribution in [2.45, 2.75) is 6.92 Å². The van der Waals surface area contributed by atoms with E-state index < -0.39 is 0 Å². The number of benzene rings is 2. The number of aromatic nitrogens is 2. The third-order valence-electron chi connectivity index (χ3n) is 3.72. The Bertz CT molecular complexity index is 912. The van der Waals surface area contributed by atoms with Crippen LogP contribution in [0.5, 0.6) is 5.75 Å². The van der Waals surface area contributed by atoms with Crippen molar-refractivity contribution >= 4 is 17.7 Å². The fourth-order valence-electron chi connectivity index (χ4n) is 2.46. The molecule has 0 spiro atoms. The number of carbonyl (C=O) groups excluding carboxylic acids is 1. The Balaban J connectivity index is 1.92. The number of phenols is 1. The van der Waals surface area contributed by atoms with E-state index in [0.29, 0.717) is 11.4 Å². The van der Waals surface area contributed by atoms with Crippen molar-refractivity contribution in [1.29, 1.82) is 0 Å². The second-order valence-corrected chi connectivity index (χ2v) is 5.35. The van der Waals surface area contributed by atoms with Gasteiger partial charge in [0.1, 0.15) is 11.6 Å². The molecule has 1 aromatic heterocycles. The van der Waals surface area contributed by atoms with Gasteiger partial charge in [-0.05, 0) is 43.3 Å². The zero-order chi connectivity index (χ0) is 17.1. The van der Waals surface area contributed by atoms with Crippen LogP contribution in [0, 0.1) is 6.92 Å². The Morgan fingerprint density at radius 1 is 1.12 bits per heavy atom. The van der Waals surface area contributed by atoms with Gasteiger partial charge in [-0.1, -0.05) is 30.3 Å². The molecule has 3 N–H and O–H groups in total. The van der Waals surface area contributed by atoms with E-state index >= 15 is 0 Å². The third-order valence-corrected chi connectivity index (χ3v) is 3.72. The van der Waals surface area contributed by atoms with Crippen molar-refractivity contribution in [3.8, 4) is 11.4 Å². The first-order chi connectivity index (χ1) is 11.6. The lowest BCUT2D eigenvalue weighted by Crippen LogP contribution is -2.02. The minimum Gasteiger partial charge on any atom is -0.507 e. The van der Waals surface area contributed by atoms with Crippen molar-refractivity contribution in [3.63, 3.8) is 0 Å². The molecule has 0 aliphatic carbocycles. The topological polar surface area (TPSA) is 81.1 Å². The van der Waals surface area contributed by atoms with Crippen LogP contribution >= 0.6 is 0 Å². The molecule has 0 aliphatic heterocycles. The standard InChI is InChI=1S/C19H17N3O2/c1-13-15(11-12-18(24)16-9-5-6-10-17(16)23)19(20)22(21-13)14-7-3-2-4-8-14/h2-12,23H,20H2,1H3/b12-11-. The van der Waals surface area contributed by atoms with Crippen LogP contribution in [0.1, 0.15) is 21.6 Å². The van der Waals surface area contributed by atoms with E-state index in [1.54, 1.807) is 29.0 Å². The Labute approximate surface area is 139 Å². The quantitative estimate of drug-likeness (QED) is 0.571. The maximum Gasteiger partial charge on any atom is 0.189 e. The average Bonchev–Trinajstić information content (AvgIpc) is 2.88. The van der Waals surface area contributed by atoms with Gasteiger partial charge < -0.3 is 10.8 Å². The highest BCUT2D eigenvalue weighted by molar-refractivity contribution is 6.08. The van der Waals surface area contributed by atoms with Crippen molar-refractivity contribution in [3.05, 3.63) is 77.5 Å². The molecule has 3 rings (SSSR count). The van der Waals surface area contributed by atoms with Crippen molar-refractivity contribution in [2.75, 3.05) is 5.73 Å². The van der Waals surface area contributed by atoms with Gasteiger partial charge in [0.25, 0.3) is 0 Å². The van der Waals surface area contributed by atoms with Crippen LogP contribution in [0.25, 0.3) is 11.8 Å². The number of hydrogen-bond acceptors (Lipinski definition) is 4. The lowest BCUT2D eigenvalue weighted by atomic mass is 10.1. The van der Waals surface area contributed by atoms with E-state index in [4.69, 9.17) is 5.73 Å². The van der Waals surface area contributed by atoms with E-state index in [9.17, 15) is 9.90 Å². The van der Waals surface area contributed by atoms with E-state index in [1.807, 2.05) is 37.3 Å². The maximum atomic E-state index is 12.2. The summed E-state index contributed by atoms with van der Waals surface area (Å²) in [5.41, 5.74) is 8.68. The molecule has 3 aromatic rings. The van der Waals surface area contributed by atoms with E-state index in [2.05, 4.69) is 5.10 Å². The molecule has 0 unspecified atom stereocenters. The summed E-state index contributed by atoms with van der Waals surface area (Å²) in [5, 5.41) is 14.2. The number of rotatable bonds is 4. The number of phenolic OH excluding ortho intramolecular Hbond substituents is 1. The molecule has 0 bridgehead atoms. The second-order valence-electron chi connectivity index (χ2n) is 5.35. The van der Waals surface area contributed by atoms with Crippen LogP contribution in [-0.4, -0.2) is 20.7 Å². The maximum absolute atomic E-state index is 12.2. The first-order valence-corrected chi connectivity index (χ1v) is 7.49. The molecular formula is C19H17N3O2. The summed E-state index contributed by atoms with van der Waals surface area (Å²) in [4.78, 5) is 12.2. The van der Waals surface area contributed by atoms with Gasteiger partial charge in [0.15, 0.2) is 5.78 Å². The lowest BCUT2D eigenvalue weighted by Gasteiger charge is -2.03. The molecular weight excluding hydrogens is 302 g/mol. The summed E-state index contributed by atoms with van der Waals surface area (Å²) in [6.07, 6.45) is 3.02. The smallest absolute Gasteiger partial charge is 0.189 e. The number of nitrogen functional groups attached to an aromatic ring is 1. The fraction of sp³-hybridized carbons (Fsp3) is 0.0526. The molecule has 2 aromatic carbocycles. The predicted octanol–water partition coefficient (Wildman–Crippen LogP) is 3.36. The van der Waals surface area contributed by atoms with E-state index in [1.165, 1.54) is 12.1 Å². The number of ketones is 1. The van der Waals surface area contributed by atoms with Crippen LogP contribution in [0.15, 0.2) is 60.7 Å². The lowest BCUT2D eigenvalue weighted by molar-refractivity contribution is 0.104. The first-order valence-electron chi connectivity index (χ1n) is 7.49. The molecule has 5 heteroatoms. The molecule has 0 atom stereocenters. The normalized spacial score (nSPS) is 11.0. The SMILES string of the molecule is Cc1nn(-c2ccccc2)c(N)c1/C=C\C(=O)c1ccccc1O. The van der Waals surface area contributed by atoms with E-state index in [-0.39, 0.29) is 17.1 Å². The van der Waals surface area contributed by atoms with Crippen molar-refractivity contribution < 1.29 is 9.90 Å². The van der Waals surface area contributed by atoms with Gasteiger partial charge in [-0.15, -0.1) is 0 Å². The average molecular weight is 319 g/mol. The van der Waals surface area contributed by atoms with Gasteiger partial charge in [-0.3, -0.25) is 4.79 Å². The van der Waals surface area contributed by atoms with Crippen LogP contribution in [0.3, 0.4) is 0 Å². The summed E-state index contributed by atoms with van der Waals surface area (Å²) in [7, 11) is 0. The number of nitrogens with zero attached hydrogens (tertiary/aromatic N) is 2. The molecule has 5 nitrogen and oxygen atoms in total. The summed E-state index contributed by atoms with van der Waals surface area (Å²) < 4.78 is 1.64. The number of nitrogens with two attached hydrogens (primary N) is 1. The van der Waals surface area contributed by atoms with Gasteiger partial charge in [-0.2, -0.15) is 5.10 Å². The summed E-state index contributed by atoms with van der Waals surface area (Å²) in [6.45, 7) is 1.83. The van der Waals surface area contributed by atoms with Gasteiger partial charge in [-0.25, -0.2) is 4.68 Å². The molecule has 0 aliphatic rings. The van der Waals surface area contributed by atoms with Crippen molar-refractivity contribution in [1.82, 2.24) is 9.78 Å². The van der Waals surface area contributed by atoms with Gasteiger partial charge in [0, 0.05) is 5.56 Å². The highest BCUT2D eigenvalue weighted by Crippen LogP contribution is 2.23. The fourth-order valence-corrected chi connectivity index (χ4v) is 2.46. The number of allylic oxidation sites excluding steroid dienone is 1. The number of aryl methyl sites for hydroxylation is 1. The second kappa shape index (κ2) is 6.42. The third kappa shape index (κ3) is 2.92. The summed E-state index contributed by atoms with van der Waals surface area (Å²) >= 11 is 0. The van der Waals surface area contributed by atoms with Gasteiger partial charge >= 0.3 is 0 Å². The molecule has 0 saturated carbocycles. The summed E-state index contributed by atoms with van der Waals surface area (Å²) in [5.74, 6) is 0.121. The van der Waals surface area contributed by atoms with Crippen LogP contribution in [0.2, 0.25) is 0 Å². The summed E-state index contributed by atoms with van der Waals surface area (Å²) in [6, 6.07) is 16.0. The largest absolute Gasteiger partial charge is 0.507 e. The van der Waals surface area contributed by atoms with Crippen molar-refractivity contribution in [2.24, 2.45) is 0 Å². The van der Waals surface area contributed by atoms with Crippen LogP contribution in [-0.2, 0) is 0 Å². The number of carbonyl (C=O) groups is 1. The Hall–Kier alpha value is -3.34. The number of anilines is 1. The highest BCUT2D eigenvalue weighted by atomic mass is 16.3. The molecule has 24 heavy (non-hydrogen) atoms. The Kier molecular flexibility index (Phi) is 4.16. The Morgan fingerprint density at radius 3 is 2.50 bits per heavy atom. The first kappa shape index (κ1) is 15.6. The molecule has 0 fully saturated rings. The number of para-hydroxylation sites is 2.